The Balaban J connectivity index is 3.01. The SMILES string of the molecule is C=C(CCC)CCNCCNCCNCCNCCN. The van der Waals surface area contributed by atoms with Crippen LogP contribution in [0.3, 0.4) is 0 Å². The standard InChI is InChI=1S/C15H35N5/c1-3-4-15(2)5-7-17-9-11-19-13-14-20-12-10-18-8-6-16/h17-20H,2-14,16H2,1H3. The van der Waals surface area contributed by atoms with Crippen LogP contribution in [0.4, 0.5) is 0 Å². The maximum Gasteiger partial charge on any atom is 0.00772 e. The van der Waals surface area contributed by atoms with E-state index in [1.54, 1.807) is 0 Å². The fourth-order valence-electron chi connectivity index (χ4n) is 1.88. The van der Waals surface area contributed by atoms with Gasteiger partial charge in [-0.05, 0) is 19.4 Å². The van der Waals surface area contributed by atoms with Crippen molar-refractivity contribution >= 4 is 0 Å². The molecule has 0 bridgehead atoms. The average Bonchev–Trinajstić information content (AvgIpc) is 2.44. The number of nitrogens with two attached hydrogens (primary N) is 1. The smallest absolute Gasteiger partial charge is 0.00772 e. The first-order valence-electron chi connectivity index (χ1n) is 8.00. The molecule has 5 heteroatoms. The topological polar surface area (TPSA) is 74.1 Å². The monoisotopic (exact) mass is 285 g/mol. The van der Waals surface area contributed by atoms with E-state index in [4.69, 9.17) is 5.73 Å². The van der Waals surface area contributed by atoms with E-state index in [0.717, 1.165) is 65.2 Å². The molecule has 0 heterocycles. The lowest BCUT2D eigenvalue weighted by Crippen LogP contribution is -2.36. The van der Waals surface area contributed by atoms with Crippen LogP contribution >= 0.6 is 0 Å². The van der Waals surface area contributed by atoms with E-state index in [9.17, 15) is 0 Å². The van der Waals surface area contributed by atoms with Crippen molar-refractivity contribution < 1.29 is 0 Å². The average molecular weight is 285 g/mol. The molecule has 0 aliphatic heterocycles. The molecule has 20 heavy (non-hydrogen) atoms. The summed E-state index contributed by atoms with van der Waals surface area (Å²) in [5.41, 5.74) is 6.75. The molecule has 0 rings (SSSR count). The molecule has 0 unspecified atom stereocenters. The zero-order valence-corrected chi connectivity index (χ0v) is 13.3. The maximum absolute atomic E-state index is 5.39. The molecular weight excluding hydrogens is 250 g/mol. The van der Waals surface area contributed by atoms with Gasteiger partial charge in [-0.2, -0.15) is 0 Å². The molecule has 0 aromatic carbocycles. The normalized spacial score (nSPS) is 10.9. The van der Waals surface area contributed by atoms with Crippen molar-refractivity contribution in [3.63, 3.8) is 0 Å². The van der Waals surface area contributed by atoms with Gasteiger partial charge in [-0.1, -0.05) is 25.5 Å². The number of hydrogen-bond acceptors (Lipinski definition) is 5. The summed E-state index contributed by atoms with van der Waals surface area (Å²) in [6.45, 7) is 15.0. The molecule has 120 valence electrons. The lowest BCUT2D eigenvalue weighted by Gasteiger charge is -2.09. The van der Waals surface area contributed by atoms with Crippen molar-refractivity contribution in [3.05, 3.63) is 12.2 Å². The van der Waals surface area contributed by atoms with Crippen LogP contribution in [0, 0.1) is 0 Å². The van der Waals surface area contributed by atoms with E-state index in [0.29, 0.717) is 6.54 Å². The largest absolute Gasteiger partial charge is 0.329 e. The Labute approximate surface area is 125 Å². The second-order valence-electron chi connectivity index (χ2n) is 5.04. The van der Waals surface area contributed by atoms with Crippen molar-refractivity contribution in [1.82, 2.24) is 21.3 Å². The van der Waals surface area contributed by atoms with Crippen molar-refractivity contribution in [3.8, 4) is 0 Å². The van der Waals surface area contributed by atoms with Gasteiger partial charge in [-0.25, -0.2) is 0 Å². The van der Waals surface area contributed by atoms with Gasteiger partial charge in [0.05, 0.1) is 0 Å². The molecule has 0 saturated carbocycles. The molecule has 0 spiro atoms. The highest BCUT2D eigenvalue weighted by Gasteiger charge is 1.93. The van der Waals surface area contributed by atoms with Gasteiger partial charge in [0.2, 0.25) is 0 Å². The lowest BCUT2D eigenvalue weighted by atomic mass is 10.1. The van der Waals surface area contributed by atoms with Crippen LogP contribution in [-0.2, 0) is 0 Å². The van der Waals surface area contributed by atoms with E-state index in [1.165, 1.54) is 12.0 Å². The highest BCUT2D eigenvalue weighted by atomic mass is 15.0. The summed E-state index contributed by atoms with van der Waals surface area (Å²) in [4.78, 5) is 0. The zero-order valence-electron chi connectivity index (χ0n) is 13.3. The van der Waals surface area contributed by atoms with Crippen LogP contribution in [0.2, 0.25) is 0 Å². The predicted molar refractivity (Wildman–Crippen MR) is 89.2 cm³/mol. The van der Waals surface area contributed by atoms with E-state index < -0.39 is 0 Å². The molecular formula is C15H35N5. The third kappa shape index (κ3) is 15.6. The fraction of sp³-hybridized carbons (Fsp3) is 0.867. The van der Waals surface area contributed by atoms with Crippen LogP contribution in [-0.4, -0.2) is 58.9 Å². The van der Waals surface area contributed by atoms with Gasteiger partial charge < -0.3 is 27.0 Å². The van der Waals surface area contributed by atoms with Crippen LogP contribution in [0.1, 0.15) is 26.2 Å². The van der Waals surface area contributed by atoms with Crippen molar-refractivity contribution in [2.75, 3.05) is 58.9 Å². The Bertz CT molecular complexity index is 208. The molecule has 0 radical (unpaired) electrons. The van der Waals surface area contributed by atoms with Crippen LogP contribution in [0.15, 0.2) is 12.2 Å². The summed E-state index contributed by atoms with van der Waals surface area (Å²) >= 11 is 0. The first-order valence-corrected chi connectivity index (χ1v) is 8.00. The van der Waals surface area contributed by atoms with Crippen molar-refractivity contribution in [2.24, 2.45) is 5.73 Å². The predicted octanol–water partition coefficient (Wildman–Crippen LogP) is 0.0499. The van der Waals surface area contributed by atoms with E-state index in [1.807, 2.05) is 0 Å². The Morgan fingerprint density at radius 2 is 1.20 bits per heavy atom. The van der Waals surface area contributed by atoms with Gasteiger partial charge in [0.25, 0.3) is 0 Å². The Morgan fingerprint density at radius 3 is 1.65 bits per heavy atom. The molecule has 0 atom stereocenters. The maximum atomic E-state index is 5.39. The Hall–Kier alpha value is -0.460. The summed E-state index contributed by atoms with van der Waals surface area (Å²) in [7, 11) is 0. The van der Waals surface area contributed by atoms with Crippen LogP contribution in [0.25, 0.3) is 0 Å². The fourth-order valence-corrected chi connectivity index (χ4v) is 1.88. The highest BCUT2D eigenvalue weighted by Crippen LogP contribution is 2.04. The molecule has 0 aromatic heterocycles. The van der Waals surface area contributed by atoms with Crippen LogP contribution in [0.5, 0.6) is 0 Å². The number of nitrogens with one attached hydrogen (secondary N) is 4. The van der Waals surface area contributed by atoms with Gasteiger partial charge in [0.15, 0.2) is 0 Å². The number of hydrogen-bond donors (Lipinski definition) is 5. The quantitative estimate of drug-likeness (QED) is 0.205. The summed E-state index contributed by atoms with van der Waals surface area (Å²) < 4.78 is 0. The minimum absolute atomic E-state index is 0.709. The van der Waals surface area contributed by atoms with Gasteiger partial charge in [-0.3, -0.25) is 0 Å². The molecule has 5 nitrogen and oxygen atoms in total. The number of rotatable bonds is 16. The summed E-state index contributed by atoms with van der Waals surface area (Å²) in [6, 6.07) is 0. The summed E-state index contributed by atoms with van der Waals surface area (Å²) in [5, 5.41) is 13.5. The Morgan fingerprint density at radius 1 is 0.750 bits per heavy atom. The second kappa shape index (κ2) is 16.6. The van der Waals surface area contributed by atoms with E-state index in [2.05, 4.69) is 34.8 Å². The Kier molecular flexibility index (Phi) is 16.2. The van der Waals surface area contributed by atoms with Gasteiger partial charge >= 0.3 is 0 Å². The third-order valence-corrected chi connectivity index (χ3v) is 3.02. The van der Waals surface area contributed by atoms with Gasteiger partial charge in [0, 0.05) is 52.4 Å². The van der Waals surface area contributed by atoms with Crippen molar-refractivity contribution in [1.29, 1.82) is 0 Å². The van der Waals surface area contributed by atoms with Crippen LogP contribution < -0.4 is 27.0 Å². The van der Waals surface area contributed by atoms with Gasteiger partial charge in [-0.15, -0.1) is 0 Å². The van der Waals surface area contributed by atoms with E-state index >= 15 is 0 Å². The minimum atomic E-state index is 0.709. The molecule has 0 aliphatic rings. The van der Waals surface area contributed by atoms with E-state index in [-0.39, 0.29) is 0 Å². The van der Waals surface area contributed by atoms with Gasteiger partial charge in [0.1, 0.15) is 0 Å². The second-order valence-corrected chi connectivity index (χ2v) is 5.04. The summed E-state index contributed by atoms with van der Waals surface area (Å²) in [5.74, 6) is 0. The van der Waals surface area contributed by atoms with Crippen molar-refractivity contribution in [2.45, 2.75) is 26.2 Å². The third-order valence-electron chi connectivity index (χ3n) is 3.02. The molecule has 0 saturated heterocycles. The summed E-state index contributed by atoms with van der Waals surface area (Å²) in [6.07, 6.45) is 3.46. The molecule has 0 fully saturated rings. The first kappa shape index (κ1) is 19.5. The molecule has 0 aliphatic carbocycles. The molecule has 6 N–H and O–H groups in total. The zero-order chi connectivity index (χ0) is 14.9. The molecule has 0 aromatic rings. The molecule has 0 amide bonds. The lowest BCUT2D eigenvalue weighted by molar-refractivity contribution is 0.566. The first-order chi connectivity index (χ1) is 9.81. The minimum Gasteiger partial charge on any atom is -0.329 e. The highest BCUT2D eigenvalue weighted by molar-refractivity contribution is 4.93.